The van der Waals surface area contributed by atoms with Crippen LogP contribution in [0.2, 0.25) is 0 Å². The molecule has 2 heteroatoms. The molecule has 1 aliphatic rings. The summed E-state index contributed by atoms with van der Waals surface area (Å²) in [6.45, 7) is 3.90. The van der Waals surface area contributed by atoms with Gasteiger partial charge in [-0.3, -0.25) is 4.79 Å². The van der Waals surface area contributed by atoms with Crippen molar-refractivity contribution in [3.05, 3.63) is 29.3 Å². The molecule has 1 aromatic rings. The second kappa shape index (κ2) is 2.87. The van der Waals surface area contributed by atoms with E-state index in [9.17, 15) is 4.79 Å². The lowest BCUT2D eigenvalue weighted by Gasteiger charge is -2.22. The van der Waals surface area contributed by atoms with Gasteiger partial charge >= 0.3 is 0 Å². The molecule has 1 heterocycles. The average Bonchev–Trinajstić information content (AvgIpc) is 2.06. The number of hydrogen-bond donors (Lipinski definition) is 0. The molecule has 2 rings (SSSR count). The molecule has 1 aliphatic heterocycles. The fourth-order valence-corrected chi connectivity index (χ4v) is 1.59. The van der Waals surface area contributed by atoms with E-state index in [1.165, 1.54) is 0 Å². The quantitative estimate of drug-likeness (QED) is 0.606. The average molecular weight is 176 g/mol. The molecule has 0 amide bonds. The van der Waals surface area contributed by atoms with Crippen LogP contribution in [0.3, 0.4) is 0 Å². The van der Waals surface area contributed by atoms with Crippen molar-refractivity contribution in [3.8, 4) is 5.75 Å². The van der Waals surface area contributed by atoms with Gasteiger partial charge in [-0.25, -0.2) is 0 Å². The molecular weight excluding hydrogens is 164 g/mol. The summed E-state index contributed by atoms with van der Waals surface area (Å²) in [5.74, 6) is 0.923. The number of rotatable bonds is 0. The number of Topliss-reactive ketones (excluding diaryl/α,β-unsaturated/α-hetero) is 1. The zero-order valence-electron chi connectivity index (χ0n) is 7.83. The van der Waals surface area contributed by atoms with Gasteiger partial charge in [0, 0.05) is 6.42 Å². The Morgan fingerprint density at radius 3 is 3.00 bits per heavy atom. The topological polar surface area (TPSA) is 26.3 Å². The summed E-state index contributed by atoms with van der Waals surface area (Å²) < 4.78 is 5.54. The van der Waals surface area contributed by atoms with Crippen molar-refractivity contribution in [2.24, 2.45) is 0 Å². The Balaban J connectivity index is 2.49. The zero-order valence-corrected chi connectivity index (χ0v) is 7.83. The largest absolute Gasteiger partial charge is 0.489 e. The first kappa shape index (κ1) is 8.30. The van der Waals surface area contributed by atoms with Crippen LogP contribution < -0.4 is 4.74 Å². The first-order valence-corrected chi connectivity index (χ1v) is 4.47. The Bertz CT molecular complexity index is 355. The molecule has 0 N–H and O–H groups in total. The van der Waals surface area contributed by atoms with Crippen molar-refractivity contribution in [2.45, 2.75) is 26.4 Å². The molecular formula is C11H12O2. The molecule has 0 aromatic heterocycles. The van der Waals surface area contributed by atoms with Crippen LogP contribution in [0.4, 0.5) is 0 Å². The fourth-order valence-electron chi connectivity index (χ4n) is 1.59. The number of aryl methyl sites for hydroxylation is 1. The highest BCUT2D eigenvalue weighted by atomic mass is 16.5. The number of carbonyl (C=O) groups is 1. The first-order valence-electron chi connectivity index (χ1n) is 4.47. The van der Waals surface area contributed by atoms with Crippen LogP contribution in [0.1, 0.15) is 29.3 Å². The third-order valence-corrected chi connectivity index (χ3v) is 2.24. The summed E-state index contributed by atoms with van der Waals surface area (Å²) in [5.41, 5.74) is 1.84. The van der Waals surface area contributed by atoms with E-state index in [1.54, 1.807) is 0 Å². The maximum atomic E-state index is 11.6. The Hall–Kier alpha value is -1.31. The smallest absolute Gasteiger partial charge is 0.170 e. The van der Waals surface area contributed by atoms with E-state index in [0.717, 1.165) is 16.9 Å². The van der Waals surface area contributed by atoms with Gasteiger partial charge in [-0.2, -0.15) is 0 Å². The number of carbonyl (C=O) groups excluding carboxylic acids is 1. The van der Waals surface area contributed by atoms with E-state index >= 15 is 0 Å². The van der Waals surface area contributed by atoms with Crippen molar-refractivity contribution in [2.75, 3.05) is 0 Å². The highest BCUT2D eigenvalue weighted by Gasteiger charge is 2.22. The molecule has 0 bridgehead atoms. The van der Waals surface area contributed by atoms with Crippen LogP contribution in [-0.2, 0) is 0 Å². The number of ketones is 1. The molecule has 0 unspecified atom stereocenters. The van der Waals surface area contributed by atoms with Crippen molar-refractivity contribution in [3.63, 3.8) is 0 Å². The zero-order chi connectivity index (χ0) is 9.42. The second-order valence-corrected chi connectivity index (χ2v) is 3.56. The summed E-state index contributed by atoms with van der Waals surface area (Å²) in [6, 6.07) is 5.73. The van der Waals surface area contributed by atoms with Gasteiger partial charge in [0.15, 0.2) is 5.78 Å². The maximum absolute atomic E-state index is 11.6. The van der Waals surface area contributed by atoms with Gasteiger partial charge in [-0.05, 0) is 26.0 Å². The predicted molar refractivity (Wildman–Crippen MR) is 50.2 cm³/mol. The Morgan fingerprint density at radius 1 is 1.46 bits per heavy atom. The SMILES string of the molecule is Cc1ccc2c(c1)C(=O)C[C@H](C)O2. The Morgan fingerprint density at radius 2 is 2.23 bits per heavy atom. The summed E-state index contributed by atoms with van der Waals surface area (Å²) in [4.78, 5) is 11.6. The lowest BCUT2D eigenvalue weighted by molar-refractivity contribution is 0.0871. The molecule has 1 aromatic carbocycles. The fraction of sp³-hybridized carbons (Fsp3) is 0.364. The number of fused-ring (bicyclic) bond motifs is 1. The van der Waals surface area contributed by atoms with Gasteiger partial charge in [0.05, 0.1) is 5.56 Å². The molecule has 0 aliphatic carbocycles. The number of benzene rings is 1. The van der Waals surface area contributed by atoms with E-state index in [4.69, 9.17) is 4.74 Å². The summed E-state index contributed by atoms with van der Waals surface area (Å²) in [7, 11) is 0. The van der Waals surface area contributed by atoms with E-state index in [2.05, 4.69) is 0 Å². The molecule has 0 saturated carbocycles. The number of hydrogen-bond acceptors (Lipinski definition) is 2. The Labute approximate surface area is 77.5 Å². The monoisotopic (exact) mass is 176 g/mol. The first-order chi connectivity index (χ1) is 6.16. The summed E-state index contributed by atoms with van der Waals surface area (Å²) in [6.07, 6.45) is 0.513. The third-order valence-electron chi connectivity index (χ3n) is 2.24. The molecule has 13 heavy (non-hydrogen) atoms. The van der Waals surface area contributed by atoms with E-state index in [0.29, 0.717) is 6.42 Å². The molecule has 0 radical (unpaired) electrons. The minimum absolute atomic E-state index is 0.0164. The van der Waals surface area contributed by atoms with E-state index < -0.39 is 0 Å². The third kappa shape index (κ3) is 1.44. The molecule has 1 atom stereocenters. The van der Waals surface area contributed by atoms with Gasteiger partial charge in [-0.15, -0.1) is 0 Å². The molecule has 2 nitrogen and oxygen atoms in total. The standard InChI is InChI=1S/C11H12O2/c1-7-3-4-11-9(5-7)10(12)6-8(2)13-11/h3-5,8H,6H2,1-2H3/t8-/m0/s1. The minimum atomic E-state index is 0.0164. The van der Waals surface area contributed by atoms with Gasteiger partial charge in [0.1, 0.15) is 11.9 Å². The molecule has 68 valence electrons. The van der Waals surface area contributed by atoms with Crippen molar-refractivity contribution >= 4 is 5.78 Å². The van der Waals surface area contributed by atoms with Gasteiger partial charge in [0.25, 0.3) is 0 Å². The molecule has 0 spiro atoms. The second-order valence-electron chi connectivity index (χ2n) is 3.56. The van der Waals surface area contributed by atoms with Crippen LogP contribution in [-0.4, -0.2) is 11.9 Å². The van der Waals surface area contributed by atoms with Gasteiger partial charge < -0.3 is 4.74 Å². The van der Waals surface area contributed by atoms with Crippen molar-refractivity contribution < 1.29 is 9.53 Å². The van der Waals surface area contributed by atoms with Crippen molar-refractivity contribution in [1.29, 1.82) is 0 Å². The van der Waals surface area contributed by atoms with Crippen LogP contribution >= 0.6 is 0 Å². The van der Waals surface area contributed by atoms with Gasteiger partial charge in [-0.1, -0.05) is 11.6 Å². The Kier molecular flexibility index (Phi) is 1.83. The highest BCUT2D eigenvalue weighted by molar-refractivity contribution is 6.00. The minimum Gasteiger partial charge on any atom is -0.489 e. The lowest BCUT2D eigenvalue weighted by Crippen LogP contribution is -2.23. The van der Waals surface area contributed by atoms with Crippen LogP contribution in [0.15, 0.2) is 18.2 Å². The lowest BCUT2D eigenvalue weighted by atomic mass is 10.00. The molecule has 0 fully saturated rings. The van der Waals surface area contributed by atoms with E-state index in [-0.39, 0.29) is 11.9 Å². The number of ether oxygens (including phenoxy) is 1. The predicted octanol–water partition coefficient (Wildman–Crippen LogP) is 2.35. The van der Waals surface area contributed by atoms with Crippen LogP contribution in [0.25, 0.3) is 0 Å². The van der Waals surface area contributed by atoms with Crippen LogP contribution in [0.5, 0.6) is 5.75 Å². The highest BCUT2D eigenvalue weighted by Crippen LogP contribution is 2.27. The van der Waals surface area contributed by atoms with Crippen LogP contribution in [0, 0.1) is 6.92 Å². The summed E-state index contributed by atoms with van der Waals surface area (Å²) >= 11 is 0. The van der Waals surface area contributed by atoms with E-state index in [1.807, 2.05) is 32.0 Å². The summed E-state index contributed by atoms with van der Waals surface area (Å²) in [5, 5.41) is 0. The maximum Gasteiger partial charge on any atom is 0.170 e. The molecule has 0 saturated heterocycles. The van der Waals surface area contributed by atoms with Crippen molar-refractivity contribution in [1.82, 2.24) is 0 Å². The van der Waals surface area contributed by atoms with Gasteiger partial charge in [0.2, 0.25) is 0 Å². The normalized spacial score (nSPS) is 20.8.